The van der Waals surface area contributed by atoms with E-state index in [0.717, 1.165) is 17.7 Å². The van der Waals surface area contributed by atoms with Crippen molar-refractivity contribution in [3.8, 4) is 6.07 Å². The number of carbonyl (C=O) groups is 1. The maximum atomic E-state index is 13.2. The summed E-state index contributed by atoms with van der Waals surface area (Å²) >= 11 is 6.11. The summed E-state index contributed by atoms with van der Waals surface area (Å²) in [6.45, 7) is 3.25. The van der Waals surface area contributed by atoms with E-state index < -0.39 is 5.60 Å². The molecule has 170 valence electrons. The predicted octanol–water partition coefficient (Wildman–Crippen LogP) is 4.75. The van der Waals surface area contributed by atoms with Gasteiger partial charge in [0.05, 0.1) is 17.2 Å². The smallest absolute Gasteiger partial charge is 0.322 e. The van der Waals surface area contributed by atoms with Gasteiger partial charge in [-0.05, 0) is 88.2 Å². The van der Waals surface area contributed by atoms with Crippen molar-refractivity contribution < 1.29 is 9.90 Å². The number of aliphatic hydroxyl groups is 1. The van der Waals surface area contributed by atoms with Gasteiger partial charge in [-0.2, -0.15) is 5.26 Å². The zero-order chi connectivity index (χ0) is 23.3. The highest BCUT2D eigenvalue weighted by molar-refractivity contribution is 6.31. The summed E-state index contributed by atoms with van der Waals surface area (Å²) in [6, 6.07) is 14.7. The van der Waals surface area contributed by atoms with Gasteiger partial charge in [0.15, 0.2) is 0 Å². The molecule has 32 heavy (non-hydrogen) atoms. The minimum Gasteiger partial charge on any atom is -0.385 e. The topological polar surface area (TPSA) is 79.6 Å². The number of hydrogen-bond acceptors (Lipinski definition) is 4. The van der Waals surface area contributed by atoms with Gasteiger partial charge in [0.2, 0.25) is 0 Å². The quantitative estimate of drug-likeness (QED) is 0.660. The van der Waals surface area contributed by atoms with Crippen LogP contribution >= 0.6 is 11.6 Å². The van der Waals surface area contributed by atoms with Gasteiger partial charge in [-0.3, -0.25) is 0 Å². The molecule has 1 aliphatic rings. The van der Waals surface area contributed by atoms with Crippen LogP contribution in [0.2, 0.25) is 5.02 Å². The van der Waals surface area contributed by atoms with E-state index in [-0.39, 0.29) is 12.1 Å². The van der Waals surface area contributed by atoms with Crippen LogP contribution in [0.5, 0.6) is 0 Å². The van der Waals surface area contributed by atoms with Crippen LogP contribution in [0, 0.1) is 18.3 Å². The summed E-state index contributed by atoms with van der Waals surface area (Å²) in [5.41, 5.74) is 1.97. The Morgan fingerprint density at radius 3 is 2.56 bits per heavy atom. The summed E-state index contributed by atoms with van der Waals surface area (Å²) in [6.07, 6.45) is 2.46. The Bertz CT molecular complexity index is 994. The first-order chi connectivity index (χ1) is 15.2. The molecular weight excluding hydrogens is 424 g/mol. The molecule has 0 aromatic heterocycles. The Morgan fingerprint density at radius 2 is 1.94 bits per heavy atom. The molecule has 2 aromatic rings. The first kappa shape index (κ1) is 24.1. The molecule has 1 fully saturated rings. The van der Waals surface area contributed by atoms with Crippen molar-refractivity contribution in [1.82, 2.24) is 9.80 Å². The number of amides is 2. The lowest BCUT2D eigenvalue weighted by Crippen LogP contribution is -2.49. The number of aryl methyl sites for hydroxylation is 1. The van der Waals surface area contributed by atoms with Gasteiger partial charge in [0, 0.05) is 29.8 Å². The first-order valence-corrected chi connectivity index (χ1v) is 11.3. The average molecular weight is 455 g/mol. The molecule has 2 N–H and O–H groups in total. The number of benzene rings is 2. The van der Waals surface area contributed by atoms with Gasteiger partial charge >= 0.3 is 6.03 Å². The van der Waals surface area contributed by atoms with Crippen molar-refractivity contribution in [2.45, 2.75) is 44.2 Å². The molecule has 0 bridgehead atoms. The zero-order valence-electron chi connectivity index (χ0n) is 18.9. The number of nitrogens with zero attached hydrogens (tertiary/aromatic N) is 3. The zero-order valence-corrected chi connectivity index (χ0v) is 19.7. The summed E-state index contributed by atoms with van der Waals surface area (Å²) in [5, 5.41) is 24.1. The van der Waals surface area contributed by atoms with Gasteiger partial charge in [0.25, 0.3) is 0 Å². The van der Waals surface area contributed by atoms with Gasteiger partial charge in [-0.15, -0.1) is 0 Å². The van der Waals surface area contributed by atoms with Gasteiger partial charge in [-0.25, -0.2) is 4.79 Å². The van der Waals surface area contributed by atoms with Crippen LogP contribution in [0.25, 0.3) is 0 Å². The number of hydrogen-bond donors (Lipinski definition) is 2. The molecule has 2 aromatic carbocycles. The maximum Gasteiger partial charge on any atom is 0.322 e. The van der Waals surface area contributed by atoms with E-state index in [2.05, 4.69) is 16.3 Å². The molecule has 0 radical (unpaired) electrons. The highest BCUT2D eigenvalue weighted by atomic mass is 35.5. The van der Waals surface area contributed by atoms with E-state index in [0.29, 0.717) is 48.5 Å². The molecule has 2 amide bonds. The van der Waals surface area contributed by atoms with Crippen LogP contribution < -0.4 is 5.32 Å². The number of anilines is 1. The molecule has 7 heteroatoms. The maximum absolute atomic E-state index is 13.2. The summed E-state index contributed by atoms with van der Waals surface area (Å²) < 4.78 is 0. The molecule has 0 unspecified atom stereocenters. The SMILES string of the molecule is Cc1cc(NC(=O)N(CCN(C)C)C2CCC(O)(c3cccc(C#N)c3)CC2)ccc1Cl. The van der Waals surface area contributed by atoms with Crippen LogP contribution in [0.3, 0.4) is 0 Å². The predicted molar refractivity (Wildman–Crippen MR) is 128 cm³/mol. The van der Waals surface area contributed by atoms with Crippen LogP contribution in [-0.2, 0) is 5.60 Å². The first-order valence-electron chi connectivity index (χ1n) is 10.9. The number of nitrogens with one attached hydrogen (secondary N) is 1. The van der Waals surface area contributed by atoms with Crippen molar-refractivity contribution in [2.75, 3.05) is 32.5 Å². The second-order valence-electron chi connectivity index (χ2n) is 8.85. The molecule has 0 spiro atoms. The summed E-state index contributed by atoms with van der Waals surface area (Å²) in [4.78, 5) is 17.1. The van der Waals surface area contributed by atoms with Crippen LogP contribution in [0.4, 0.5) is 10.5 Å². The molecule has 1 saturated carbocycles. The second kappa shape index (κ2) is 10.4. The van der Waals surface area contributed by atoms with Crippen molar-refractivity contribution >= 4 is 23.3 Å². The molecular formula is C25H31ClN4O2. The Hall–Kier alpha value is -2.59. The van der Waals surface area contributed by atoms with Crippen molar-refractivity contribution in [2.24, 2.45) is 0 Å². The fraction of sp³-hybridized carbons (Fsp3) is 0.440. The number of halogens is 1. The van der Waals surface area contributed by atoms with Gasteiger partial charge in [-0.1, -0.05) is 23.7 Å². The van der Waals surface area contributed by atoms with Crippen LogP contribution in [-0.4, -0.2) is 54.2 Å². The second-order valence-corrected chi connectivity index (χ2v) is 9.25. The minimum absolute atomic E-state index is 0.0303. The van der Waals surface area contributed by atoms with E-state index in [4.69, 9.17) is 11.6 Å². The van der Waals surface area contributed by atoms with Crippen molar-refractivity contribution in [3.63, 3.8) is 0 Å². The average Bonchev–Trinajstić information content (AvgIpc) is 2.77. The fourth-order valence-corrected chi connectivity index (χ4v) is 4.35. The number of rotatable bonds is 6. The van der Waals surface area contributed by atoms with Gasteiger partial charge in [0.1, 0.15) is 0 Å². The van der Waals surface area contributed by atoms with E-state index in [1.807, 2.05) is 44.1 Å². The van der Waals surface area contributed by atoms with Gasteiger partial charge < -0.3 is 20.2 Å². The fourth-order valence-electron chi connectivity index (χ4n) is 4.23. The third kappa shape index (κ3) is 5.80. The number of likely N-dealkylation sites (N-methyl/N-ethyl adjacent to an activating group) is 1. The molecule has 0 heterocycles. The summed E-state index contributed by atoms with van der Waals surface area (Å²) in [5.74, 6) is 0. The Kier molecular flexibility index (Phi) is 7.78. The van der Waals surface area contributed by atoms with Crippen LogP contribution in [0.1, 0.15) is 42.4 Å². The summed E-state index contributed by atoms with van der Waals surface area (Å²) in [7, 11) is 3.97. The lowest BCUT2D eigenvalue weighted by atomic mass is 9.77. The molecule has 0 aliphatic heterocycles. The Morgan fingerprint density at radius 1 is 1.22 bits per heavy atom. The van der Waals surface area contributed by atoms with E-state index >= 15 is 0 Å². The Balaban J connectivity index is 1.72. The Labute approximate surface area is 195 Å². The molecule has 0 saturated heterocycles. The lowest BCUT2D eigenvalue weighted by molar-refractivity contribution is -0.0196. The molecule has 1 aliphatic carbocycles. The minimum atomic E-state index is -0.972. The van der Waals surface area contributed by atoms with Crippen molar-refractivity contribution in [1.29, 1.82) is 5.26 Å². The third-order valence-electron chi connectivity index (χ3n) is 6.21. The highest BCUT2D eigenvalue weighted by Gasteiger charge is 2.38. The van der Waals surface area contributed by atoms with E-state index in [1.54, 1.807) is 24.3 Å². The molecule has 3 rings (SSSR count). The lowest BCUT2D eigenvalue weighted by Gasteiger charge is -2.41. The number of nitriles is 1. The molecule has 6 nitrogen and oxygen atoms in total. The number of carbonyl (C=O) groups excluding carboxylic acids is 1. The standard InChI is InChI=1S/C25H31ClN4O2/c1-18-15-21(7-8-23(18)26)28-24(31)30(14-13-29(2)3)22-9-11-25(32,12-10-22)20-6-4-5-19(16-20)17-27/h4-8,15-16,22,32H,9-14H2,1-3H3,(H,28,31). The van der Waals surface area contributed by atoms with Crippen LogP contribution in [0.15, 0.2) is 42.5 Å². The van der Waals surface area contributed by atoms with E-state index in [9.17, 15) is 15.2 Å². The largest absolute Gasteiger partial charge is 0.385 e. The number of urea groups is 1. The molecule has 0 atom stereocenters. The highest BCUT2D eigenvalue weighted by Crippen LogP contribution is 2.39. The normalized spacial score (nSPS) is 20.6. The third-order valence-corrected chi connectivity index (χ3v) is 6.63. The van der Waals surface area contributed by atoms with Crippen molar-refractivity contribution in [3.05, 3.63) is 64.2 Å². The van der Waals surface area contributed by atoms with E-state index in [1.165, 1.54) is 0 Å². The monoisotopic (exact) mass is 454 g/mol.